The largest absolute Gasteiger partial charge is 0.472 e. The molecule has 1 amide bonds. The van der Waals surface area contributed by atoms with Gasteiger partial charge in [-0.2, -0.15) is 0 Å². The average molecular weight is 1110 g/mol. The number of benzene rings is 2. The van der Waals surface area contributed by atoms with Crippen LogP contribution in [0.5, 0.6) is 5.75 Å². The molecule has 0 aromatic heterocycles. The number of fused-ring (bicyclic) bond motifs is 7. The molecule has 5 fully saturated rings. The third-order valence-electron chi connectivity index (χ3n) is 18.5. The molecule has 1 aliphatic heterocycles. The molecule has 0 radical (unpaired) electrons. The Bertz CT molecular complexity index is 2460. The van der Waals surface area contributed by atoms with E-state index in [4.69, 9.17) is 23.7 Å². The number of amides is 1. The number of aliphatic hydroxyl groups excluding tert-OH is 2. The third-order valence-corrected chi connectivity index (χ3v) is 18.9. The van der Waals surface area contributed by atoms with Gasteiger partial charge in [0.2, 0.25) is 5.78 Å². The summed E-state index contributed by atoms with van der Waals surface area (Å²) in [6.07, 6.45) is 16.9. The number of nitrogens with one attached hydrogen (secondary N) is 1. The quantitative estimate of drug-likeness (QED) is 0.0233. The van der Waals surface area contributed by atoms with Crippen molar-refractivity contribution in [3.63, 3.8) is 0 Å². The Morgan fingerprint density at radius 2 is 1.72 bits per heavy atom. The first-order chi connectivity index (χ1) is 37.2. The first-order valence-corrected chi connectivity index (χ1v) is 30.4. The zero-order valence-corrected chi connectivity index (χ0v) is 47.8. The van der Waals surface area contributed by atoms with Gasteiger partial charge in [0.15, 0.2) is 31.1 Å². The van der Waals surface area contributed by atoms with Crippen LogP contribution < -0.4 is 10.1 Å². The zero-order valence-electron chi connectivity index (χ0n) is 46.9. The van der Waals surface area contributed by atoms with Gasteiger partial charge in [-0.15, -0.1) is 0 Å². The van der Waals surface area contributed by atoms with Gasteiger partial charge < -0.3 is 58.4 Å². The van der Waals surface area contributed by atoms with Crippen LogP contribution in [0.25, 0.3) is 0 Å². The Morgan fingerprint density at radius 3 is 2.47 bits per heavy atom. The summed E-state index contributed by atoms with van der Waals surface area (Å²) in [4.78, 5) is 61.4. The summed E-state index contributed by atoms with van der Waals surface area (Å²) >= 11 is 0. The van der Waals surface area contributed by atoms with E-state index in [1.807, 2.05) is 32.3 Å². The van der Waals surface area contributed by atoms with Crippen molar-refractivity contribution in [2.75, 3.05) is 73.9 Å². The van der Waals surface area contributed by atoms with Crippen LogP contribution in [0.2, 0.25) is 0 Å². The lowest BCUT2D eigenvalue weighted by Crippen LogP contribution is -2.64. The van der Waals surface area contributed by atoms with Crippen LogP contribution in [0, 0.1) is 34.5 Å². The molecule has 18 heteroatoms. The fourth-order valence-corrected chi connectivity index (χ4v) is 14.5. The lowest BCUT2D eigenvalue weighted by atomic mass is 9.46. The van der Waals surface area contributed by atoms with Crippen LogP contribution in [0.1, 0.15) is 133 Å². The number of Topliss-reactive ketones (excluding diaryl/α,β-unsaturated/α-hetero) is 1. The maximum atomic E-state index is 15.1. The highest BCUT2D eigenvalue weighted by atomic mass is 31.2. The van der Waals surface area contributed by atoms with Gasteiger partial charge in [0.1, 0.15) is 12.3 Å². The molecular weight excluding hydrogens is 1020 g/mol. The van der Waals surface area contributed by atoms with E-state index in [1.165, 1.54) is 10.5 Å². The van der Waals surface area contributed by atoms with Crippen LogP contribution >= 0.6 is 7.82 Å². The molecular formula is C60H89N3O14P+. The summed E-state index contributed by atoms with van der Waals surface area (Å²) in [6, 6.07) is 15.7. The summed E-state index contributed by atoms with van der Waals surface area (Å²) in [6.45, 7) is 6.64. The number of aliphatic hydroxyl groups is 2. The van der Waals surface area contributed by atoms with E-state index in [-0.39, 0.29) is 41.8 Å². The number of phosphoric acid groups is 1. The Hall–Kier alpha value is -3.84. The second-order valence-electron chi connectivity index (χ2n) is 24.3. The minimum atomic E-state index is -4.81. The lowest BCUT2D eigenvalue weighted by molar-refractivity contribution is -0.903. The monoisotopic (exact) mass is 1110 g/mol. The predicted molar refractivity (Wildman–Crippen MR) is 294 cm³/mol. The molecule has 2 aromatic rings. The molecule has 0 bridgehead atoms. The summed E-state index contributed by atoms with van der Waals surface area (Å²) in [5, 5.41) is 26.9. The van der Waals surface area contributed by atoms with Gasteiger partial charge in [0.25, 0.3) is 0 Å². The summed E-state index contributed by atoms with van der Waals surface area (Å²) in [7, 11) is 0.751. The average Bonchev–Trinajstić information content (AvgIpc) is 3.99. The Labute approximate surface area is 462 Å². The van der Waals surface area contributed by atoms with Crippen molar-refractivity contribution in [2.24, 2.45) is 34.5 Å². The number of hydrogen-bond acceptors (Lipinski definition) is 13. The maximum Gasteiger partial charge on any atom is 0.472 e. The van der Waals surface area contributed by atoms with E-state index in [9.17, 15) is 34.2 Å². The number of nitrogens with zero attached hydrogens (tertiary/aromatic N) is 2. The second-order valence-corrected chi connectivity index (χ2v) is 25.6. The zero-order chi connectivity index (χ0) is 55.7. The highest BCUT2D eigenvalue weighted by Gasteiger charge is 2.76. The molecule has 10 atom stereocenters. The lowest BCUT2D eigenvalue weighted by Gasteiger charge is -2.59. The Morgan fingerprint density at radius 1 is 0.974 bits per heavy atom. The van der Waals surface area contributed by atoms with Crippen molar-refractivity contribution in [1.82, 2.24) is 10.2 Å². The molecule has 17 nitrogen and oxygen atoms in total. The molecule has 78 heavy (non-hydrogen) atoms. The van der Waals surface area contributed by atoms with Crippen molar-refractivity contribution in [3.8, 4) is 5.75 Å². The van der Waals surface area contributed by atoms with Crippen molar-refractivity contribution >= 4 is 25.5 Å². The predicted octanol–water partition coefficient (Wildman–Crippen LogP) is 8.52. The van der Waals surface area contributed by atoms with Crippen LogP contribution in [-0.2, 0) is 50.6 Å². The third kappa shape index (κ3) is 14.2. The second kappa shape index (κ2) is 26.4. The first kappa shape index (κ1) is 60.3. The van der Waals surface area contributed by atoms with Gasteiger partial charge in [-0.1, -0.05) is 94.0 Å². The molecule has 2 aromatic carbocycles. The topological polar surface area (TPSA) is 220 Å². The van der Waals surface area contributed by atoms with Crippen LogP contribution in [0.3, 0.4) is 0 Å². The molecule has 6 aliphatic rings. The molecule has 4 saturated carbocycles. The number of carbonyl (C=O) groups is 3. The summed E-state index contributed by atoms with van der Waals surface area (Å²) < 4.78 is 47.8. The van der Waals surface area contributed by atoms with Gasteiger partial charge in [0.05, 0.1) is 45.5 Å². The molecule has 432 valence electrons. The van der Waals surface area contributed by atoms with Gasteiger partial charge in [-0.25, -0.2) is 13.9 Å². The highest BCUT2D eigenvalue weighted by Crippen LogP contribution is 2.70. The van der Waals surface area contributed by atoms with Gasteiger partial charge >= 0.3 is 13.9 Å². The van der Waals surface area contributed by atoms with E-state index in [0.29, 0.717) is 53.8 Å². The number of rotatable bonds is 28. The molecule has 8 rings (SSSR count). The van der Waals surface area contributed by atoms with E-state index in [2.05, 4.69) is 48.0 Å². The number of quaternary nitrogens is 1. The van der Waals surface area contributed by atoms with Crippen LogP contribution in [0.15, 0.2) is 72.3 Å². The van der Waals surface area contributed by atoms with E-state index < -0.39 is 68.3 Å². The molecule has 0 spiro atoms. The van der Waals surface area contributed by atoms with Crippen molar-refractivity contribution < 1.29 is 71.6 Å². The normalized spacial score (nSPS) is 29.2. The van der Waals surface area contributed by atoms with Crippen molar-refractivity contribution in [3.05, 3.63) is 89.0 Å². The fourth-order valence-electron chi connectivity index (χ4n) is 14.3. The van der Waals surface area contributed by atoms with E-state index in [1.54, 1.807) is 31.3 Å². The van der Waals surface area contributed by atoms with Crippen molar-refractivity contribution in [2.45, 2.75) is 153 Å². The van der Waals surface area contributed by atoms with Crippen LogP contribution in [0.4, 0.5) is 4.79 Å². The number of hydrogen-bond donors (Lipinski definition) is 5. The van der Waals surface area contributed by atoms with Gasteiger partial charge in [-0.05, 0) is 124 Å². The number of likely N-dealkylation sites (N-methyl/N-ethyl adjacent to an activating group) is 2. The van der Waals surface area contributed by atoms with Crippen molar-refractivity contribution in [1.29, 1.82) is 0 Å². The standard InChI is InChI=1S/C60H88N3O14P/c1-58-28-27-47(64)35-46(58)24-25-48-49-36-54-60(59(49,2)37-50(65)55(48)58,77-56(76-54)43-21-12-9-13-22-43)53(67)40-73-57(68)62(3)30-31-63(4,5)39-45-34-44(23-26-52(45)74-41-75-78(69,70)71)51(66)38-61-29-15-6-7-16-32-72-33-17-14-20-42-18-10-8-11-19-42/h8,10-11,18-19,23,26-28,34-35,43,48-51,54-56,61,65-66H,6-7,9,12-17,20-22,24-25,29-33,36-41H2,1-5H3,(H-,69,70,71)/p+1/t48-,49-,50-,51?,54+,55+,56+,58-,59-,60+/m0/s1. The highest BCUT2D eigenvalue weighted by molar-refractivity contribution is 7.46. The molecule has 5 aliphatic carbocycles. The number of ether oxygens (including phenoxy) is 5. The SMILES string of the molecule is CN(CC[N+](C)(C)Cc1cc(C(O)CNCCCCCCOCCCCc2ccccc2)ccc1OCOP(=O)(O)O)C(=O)OCC(=O)[C@@]12O[C@H](C3CCCCC3)O[C@@H]1C[C@H]1[C@@H]3CCC4=CC(=O)C=C[C@]4(C)[C@H]3[C@@H](O)C[C@@]12C. The summed E-state index contributed by atoms with van der Waals surface area (Å²) in [5.41, 5.74) is 1.01. The number of aryl methyl sites for hydroxylation is 1. The fraction of sp³-hybridized carbons (Fsp3) is 0.683. The first-order valence-electron chi connectivity index (χ1n) is 28.9. The number of ketones is 2. The van der Waals surface area contributed by atoms with Gasteiger partial charge in [0, 0.05) is 55.0 Å². The molecule has 5 N–H and O–H groups in total. The Kier molecular flexibility index (Phi) is 20.4. The summed E-state index contributed by atoms with van der Waals surface area (Å²) in [5.74, 6) is -0.000964. The minimum absolute atomic E-state index is 0.0114. The maximum absolute atomic E-state index is 15.1. The minimum Gasteiger partial charge on any atom is -0.466 e. The number of carbonyl (C=O) groups excluding carboxylic acids is 3. The van der Waals surface area contributed by atoms with Gasteiger partial charge in [-0.3, -0.25) is 9.59 Å². The van der Waals surface area contributed by atoms with E-state index in [0.717, 1.165) is 115 Å². The number of phosphoric ester groups is 1. The molecule has 1 unspecified atom stereocenters. The number of allylic oxidation sites excluding steroid dienone is 4. The molecule has 1 heterocycles. The molecule has 1 saturated heterocycles. The van der Waals surface area contributed by atoms with Crippen LogP contribution in [-0.4, -0.2) is 145 Å². The number of unbranched alkanes of at least 4 members (excludes halogenated alkanes) is 4. The smallest absolute Gasteiger partial charge is 0.466 e. The van der Waals surface area contributed by atoms with E-state index >= 15 is 4.79 Å². The Balaban J connectivity index is 0.834.